The highest BCUT2D eigenvalue weighted by Crippen LogP contribution is 2.30. The van der Waals surface area contributed by atoms with Crippen molar-refractivity contribution in [3.63, 3.8) is 0 Å². The number of nitrogens with zero attached hydrogens (tertiary/aromatic N) is 1. The Kier molecular flexibility index (Phi) is 5.64. The number of carbonyl (C=O) groups is 1. The van der Waals surface area contributed by atoms with Crippen LogP contribution in [0.25, 0.3) is 10.9 Å². The lowest BCUT2D eigenvalue weighted by molar-refractivity contribution is -0.0504. The SMILES string of the molecule is O=C(NCc1ccccc1OC(F)F)N1CCC(c2cc3ccccc3[nH]2)CC1. The monoisotopic (exact) mass is 399 g/mol. The molecule has 29 heavy (non-hydrogen) atoms. The average Bonchev–Trinajstić information content (AvgIpc) is 3.17. The van der Waals surface area contributed by atoms with Crippen LogP contribution in [0, 0.1) is 0 Å². The lowest BCUT2D eigenvalue weighted by atomic mass is 9.94. The highest BCUT2D eigenvalue weighted by Gasteiger charge is 2.25. The third-order valence-corrected chi connectivity index (χ3v) is 5.39. The zero-order valence-electron chi connectivity index (χ0n) is 15.9. The minimum Gasteiger partial charge on any atom is -0.434 e. The van der Waals surface area contributed by atoms with Gasteiger partial charge in [0, 0.05) is 42.3 Å². The number of hydrogen-bond donors (Lipinski definition) is 2. The molecule has 7 heteroatoms. The zero-order chi connectivity index (χ0) is 20.2. The quantitative estimate of drug-likeness (QED) is 0.644. The molecule has 0 aliphatic carbocycles. The molecule has 0 bridgehead atoms. The summed E-state index contributed by atoms with van der Waals surface area (Å²) >= 11 is 0. The number of para-hydroxylation sites is 2. The van der Waals surface area contributed by atoms with Crippen molar-refractivity contribution in [2.45, 2.75) is 31.9 Å². The maximum Gasteiger partial charge on any atom is 0.387 e. The minimum atomic E-state index is -2.89. The van der Waals surface area contributed by atoms with Crippen LogP contribution in [0.2, 0.25) is 0 Å². The fourth-order valence-corrected chi connectivity index (χ4v) is 3.85. The molecule has 0 unspecified atom stereocenters. The summed E-state index contributed by atoms with van der Waals surface area (Å²) in [6.45, 7) is -1.44. The number of rotatable bonds is 5. The summed E-state index contributed by atoms with van der Waals surface area (Å²) in [5.74, 6) is 0.479. The maximum absolute atomic E-state index is 12.5. The summed E-state index contributed by atoms with van der Waals surface area (Å²) in [5.41, 5.74) is 2.87. The van der Waals surface area contributed by atoms with Gasteiger partial charge in [0.2, 0.25) is 0 Å². The Balaban J connectivity index is 1.31. The first kappa shape index (κ1) is 19.2. The van der Waals surface area contributed by atoms with E-state index < -0.39 is 6.61 Å². The van der Waals surface area contributed by atoms with Crippen LogP contribution < -0.4 is 10.1 Å². The number of fused-ring (bicyclic) bond motifs is 1. The molecular weight excluding hydrogens is 376 g/mol. The lowest BCUT2D eigenvalue weighted by Crippen LogP contribution is -2.43. The number of halogens is 2. The summed E-state index contributed by atoms with van der Waals surface area (Å²) in [6, 6.07) is 16.7. The van der Waals surface area contributed by atoms with Gasteiger partial charge in [-0.05, 0) is 36.4 Å². The molecule has 1 aliphatic heterocycles. The molecule has 0 saturated carbocycles. The molecule has 152 valence electrons. The van der Waals surface area contributed by atoms with Crippen molar-refractivity contribution in [2.24, 2.45) is 0 Å². The number of alkyl halides is 2. The van der Waals surface area contributed by atoms with Crippen LogP contribution in [-0.2, 0) is 6.54 Å². The molecule has 0 radical (unpaired) electrons. The fourth-order valence-electron chi connectivity index (χ4n) is 3.85. The molecule has 1 saturated heterocycles. The number of H-pyrrole nitrogens is 1. The molecule has 1 aromatic heterocycles. The molecule has 5 nitrogen and oxygen atoms in total. The summed E-state index contributed by atoms with van der Waals surface area (Å²) in [4.78, 5) is 17.8. The zero-order valence-corrected chi connectivity index (χ0v) is 15.9. The number of carbonyl (C=O) groups excluding carboxylic acids is 1. The molecule has 3 aromatic rings. The van der Waals surface area contributed by atoms with Gasteiger partial charge < -0.3 is 19.9 Å². The number of urea groups is 1. The average molecular weight is 399 g/mol. The third kappa shape index (κ3) is 4.50. The van der Waals surface area contributed by atoms with Gasteiger partial charge in [-0.1, -0.05) is 36.4 Å². The Morgan fingerprint density at radius 1 is 1.14 bits per heavy atom. The van der Waals surface area contributed by atoms with Crippen LogP contribution in [0.3, 0.4) is 0 Å². The predicted octanol–water partition coefficient (Wildman–Crippen LogP) is 4.86. The lowest BCUT2D eigenvalue weighted by Gasteiger charge is -2.31. The molecule has 4 rings (SSSR count). The van der Waals surface area contributed by atoms with Gasteiger partial charge in [-0.25, -0.2) is 4.79 Å². The van der Waals surface area contributed by atoms with E-state index in [1.54, 1.807) is 23.1 Å². The van der Waals surface area contributed by atoms with Crippen LogP contribution in [0.4, 0.5) is 13.6 Å². The van der Waals surface area contributed by atoms with E-state index in [4.69, 9.17) is 0 Å². The van der Waals surface area contributed by atoms with Crippen LogP contribution in [0.5, 0.6) is 5.75 Å². The molecule has 2 N–H and O–H groups in total. The second-order valence-corrected chi connectivity index (χ2v) is 7.22. The van der Waals surface area contributed by atoms with E-state index in [2.05, 4.69) is 33.2 Å². The van der Waals surface area contributed by atoms with E-state index in [0.717, 1.165) is 18.4 Å². The molecule has 0 atom stereocenters. The molecule has 2 aromatic carbocycles. The normalized spacial score (nSPS) is 15.1. The first-order valence-electron chi connectivity index (χ1n) is 9.73. The third-order valence-electron chi connectivity index (χ3n) is 5.39. The number of ether oxygens (including phenoxy) is 1. The summed E-state index contributed by atoms with van der Waals surface area (Å²) in [5, 5.41) is 4.01. The Morgan fingerprint density at radius 3 is 2.62 bits per heavy atom. The van der Waals surface area contributed by atoms with Crippen LogP contribution >= 0.6 is 0 Å². The van der Waals surface area contributed by atoms with Gasteiger partial charge in [0.15, 0.2) is 0 Å². The molecule has 1 aliphatic rings. The first-order valence-corrected chi connectivity index (χ1v) is 9.73. The van der Waals surface area contributed by atoms with Gasteiger partial charge in [-0.15, -0.1) is 0 Å². The Morgan fingerprint density at radius 2 is 1.86 bits per heavy atom. The van der Waals surface area contributed by atoms with Crippen molar-refractivity contribution in [1.82, 2.24) is 15.2 Å². The number of aromatic nitrogens is 1. The topological polar surface area (TPSA) is 57.4 Å². The van der Waals surface area contributed by atoms with Gasteiger partial charge in [-0.3, -0.25) is 0 Å². The van der Waals surface area contributed by atoms with Crippen molar-refractivity contribution in [3.8, 4) is 5.75 Å². The summed E-state index contributed by atoms with van der Waals surface area (Å²) < 4.78 is 29.5. The van der Waals surface area contributed by atoms with E-state index in [-0.39, 0.29) is 18.3 Å². The van der Waals surface area contributed by atoms with Crippen LogP contribution in [0.15, 0.2) is 54.6 Å². The maximum atomic E-state index is 12.5. The fraction of sp³-hybridized carbons (Fsp3) is 0.318. The van der Waals surface area contributed by atoms with Crippen molar-refractivity contribution >= 4 is 16.9 Å². The second-order valence-electron chi connectivity index (χ2n) is 7.22. The van der Waals surface area contributed by atoms with E-state index in [1.165, 1.54) is 17.1 Å². The predicted molar refractivity (Wildman–Crippen MR) is 107 cm³/mol. The van der Waals surface area contributed by atoms with Crippen molar-refractivity contribution in [1.29, 1.82) is 0 Å². The number of aromatic amines is 1. The van der Waals surface area contributed by atoms with Crippen LogP contribution in [0.1, 0.15) is 30.0 Å². The van der Waals surface area contributed by atoms with E-state index in [0.29, 0.717) is 24.6 Å². The van der Waals surface area contributed by atoms with Crippen molar-refractivity contribution < 1.29 is 18.3 Å². The van der Waals surface area contributed by atoms with Gasteiger partial charge in [0.05, 0.1) is 0 Å². The number of amides is 2. The molecule has 0 spiro atoms. The van der Waals surface area contributed by atoms with E-state index in [1.807, 2.05) is 12.1 Å². The van der Waals surface area contributed by atoms with Crippen molar-refractivity contribution in [2.75, 3.05) is 13.1 Å². The highest BCUT2D eigenvalue weighted by molar-refractivity contribution is 5.80. The number of likely N-dealkylation sites (tertiary alicyclic amines) is 1. The number of nitrogens with one attached hydrogen (secondary N) is 2. The highest BCUT2D eigenvalue weighted by atomic mass is 19.3. The Bertz CT molecular complexity index is 948. The van der Waals surface area contributed by atoms with Gasteiger partial charge >= 0.3 is 12.6 Å². The summed E-state index contributed by atoms with van der Waals surface area (Å²) in [7, 11) is 0. The second kappa shape index (κ2) is 8.51. The first-order chi connectivity index (χ1) is 14.1. The molecular formula is C22H23F2N3O2. The molecule has 1 fully saturated rings. The minimum absolute atomic E-state index is 0.0836. The Labute approximate surface area is 167 Å². The van der Waals surface area contributed by atoms with Crippen LogP contribution in [-0.4, -0.2) is 35.6 Å². The molecule has 2 heterocycles. The molecule has 2 amide bonds. The van der Waals surface area contributed by atoms with Gasteiger partial charge in [-0.2, -0.15) is 8.78 Å². The number of hydrogen-bond acceptors (Lipinski definition) is 2. The van der Waals surface area contributed by atoms with Gasteiger partial charge in [0.25, 0.3) is 0 Å². The van der Waals surface area contributed by atoms with Crippen molar-refractivity contribution in [3.05, 3.63) is 65.9 Å². The van der Waals surface area contributed by atoms with E-state index in [9.17, 15) is 13.6 Å². The Hall–Kier alpha value is -3.09. The smallest absolute Gasteiger partial charge is 0.387 e. The van der Waals surface area contributed by atoms with Gasteiger partial charge in [0.1, 0.15) is 5.75 Å². The summed E-state index contributed by atoms with van der Waals surface area (Å²) in [6.07, 6.45) is 1.76. The standard InChI is InChI=1S/C22H23F2N3O2/c23-21(24)29-20-8-4-2-6-17(20)14-25-22(28)27-11-9-15(10-12-27)19-13-16-5-1-3-7-18(16)26-19/h1-8,13,15,21,26H,9-12,14H2,(H,25,28). The number of piperidine rings is 1. The van der Waals surface area contributed by atoms with E-state index >= 15 is 0 Å². The number of benzene rings is 2. The largest absolute Gasteiger partial charge is 0.434 e.